The van der Waals surface area contributed by atoms with Crippen molar-refractivity contribution in [2.24, 2.45) is 0 Å². The van der Waals surface area contributed by atoms with E-state index in [-0.39, 0.29) is 77.7 Å². The normalized spacial score (nSPS) is 15.4. The number of alkyl halides is 3. The molecular formula is C77H79F3N35O6SW-. The summed E-state index contributed by atoms with van der Waals surface area (Å²) in [6.45, 7) is 42.7. The molecule has 123 heavy (non-hydrogen) atoms. The average molecular weight is 1860 g/mol. The number of halogens is 3. The van der Waals surface area contributed by atoms with E-state index in [4.69, 9.17) is 47.2 Å². The van der Waals surface area contributed by atoms with Gasteiger partial charge in [-0.1, -0.05) is 30.3 Å². The summed E-state index contributed by atoms with van der Waals surface area (Å²) in [5.41, 5.74) is 14.2. The van der Waals surface area contributed by atoms with Crippen molar-refractivity contribution in [3.05, 3.63) is 225 Å². The van der Waals surface area contributed by atoms with E-state index in [0.717, 1.165) is 75.1 Å². The van der Waals surface area contributed by atoms with Crippen molar-refractivity contribution in [3.8, 4) is 56.3 Å². The third-order valence-corrected chi connectivity index (χ3v) is 21.7. The van der Waals surface area contributed by atoms with Crippen molar-refractivity contribution < 1.29 is 61.7 Å². The topological polar surface area (TPSA) is 429 Å². The second-order valence-electron chi connectivity index (χ2n) is 31.0. The number of hydrogen-bond acceptors (Lipinski definition) is 24. The van der Waals surface area contributed by atoms with Crippen LogP contribution in [0.3, 0.4) is 0 Å². The Kier molecular flexibility index (Phi) is 23.9. The maximum Gasteiger partial charge on any atom is 0.511 e. The Bertz CT molecular complexity index is 6630. The molecule has 0 aromatic carbocycles. The molecule has 0 unspecified atom stereocenters. The van der Waals surface area contributed by atoms with Gasteiger partial charge in [-0.25, -0.2) is 81.8 Å². The molecule has 6 N–H and O–H groups in total. The van der Waals surface area contributed by atoms with E-state index >= 15 is 0 Å². The molecule has 4 aliphatic rings. The van der Waals surface area contributed by atoms with Crippen LogP contribution in [0.4, 0.5) is 34.7 Å². The van der Waals surface area contributed by atoms with Crippen molar-refractivity contribution in [2.75, 3.05) is 90.0 Å². The molecule has 4 aliphatic heterocycles. The van der Waals surface area contributed by atoms with Crippen molar-refractivity contribution >= 4 is 62.3 Å². The number of rotatable bonds is 14. The van der Waals surface area contributed by atoms with Gasteiger partial charge in [0.15, 0.2) is 50.4 Å². The number of carbonyl (C=O) groups excluding carboxylic acids is 2. The first-order valence-electron chi connectivity index (χ1n) is 37.2. The molecule has 46 heteroatoms. The third kappa shape index (κ3) is 17.3. The number of nitrogens with two attached hydrogens (primary N) is 2. The predicted molar refractivity (Wildman–Crippen MR) is 435 cm³/mol. The fourth-order valence-electron chi connectivity index (χ4n) is 14.2. The summed E-state index contributed by atoms with van der Waals surface area (Å²) in [5, 5.41) is 48.5. The van der Waals surface area contributed by atoms with Crippen LogP contribution in [-0.2, 0) is 62.7 Å². The van der Waals surface area contributed by atoms with Crippen LogP contribution in [0.5, 0.6) is 0 Å². The SMILES string of the molecule is Nc1nc2cccc(-c3cn[nH]c3)n2n1.[C-]#[N+]CC1(n2cc(-c3cccc4nc(N)nn34)cn2)CN(C(=O)OC(C)(C)C)C1.[C-]#[N+]CC1(n2cc(-c3cccc4ncnn34)cn2)CN(C(=O)OC(C)(C)C)C1.[C-]#[N+]CC1(n2cc(-c3cccc4ncnn34)cn2)CN(S(=O)(=O)C(F)(F)F)C1.[C-]#[N+]CC1(n2cc(-c3cccc4ncnn34)cn2)CNC1.[CH3-].[W]. The minimum Gasteiger partial charge on any atom is -0.444 e. The van der Waals surface area contributed by atoms with E-state index in [1.807, 2.05) is 144 Å². The number of anilines is 2. The Labute approximate surface area is 713 Å². The predicted octanol–water partition coefficient (Wildman–Crippen LogP) is 7.83. The second-order valence-corrected chi connectivity index (χ2v) is 32.9. The molecule has 2 amide bonds. The van der Waals surface area contributed by atoms with Gasteiger partial charge in [0.25, 0.3) is 0 Å². The maximum atomic E-state index is 12.8. The molecule has 4 fully saturated rings. The number of aromatic nitrogens is 25. The Morgan fingerprint density at radius 3 is 1.09 bits per heavy atom. The number of hydrogen-bond donors (Lipinski definition) is 4. The minimum atomic E-state index is -5.44. The molecule has 19 heterocycles. The van der Waals surface area contributed by atoms with E-state index in [2.05, 4.69) is 106 Å². The monoisotopic (exact) mass is 1860 g/mol. The number of nitrogens with zero attached hydrogens (tertiary/aromatic N) is 31. The number of likely N-dealkylation sites (tertiary alicyclic amines) is 2. The molecule has 19 rings (SSSR count). The van der Waals surface area contributed by atoms with Crippen LogP contribution in [0.15, 0.2) is 172 Å². The van der Waals surface area contributed by atoms with Crippen molar-refractivity contribution in [2.45, 2.75) is 80.4 Å². The van der Waals surface area contributed by atoms with Gasteiger partial charge >= 0.3 is 27.7 Å². The number of aromatic amines is 1. The summed E-state index contributed by atoms with van der Waals surface area (Å²) >= 11 is 0. The van der Waals surface area contributed by atoms with Crippen LogP contribution >= 0.6 is 0 Å². The molecule has 632 valence electrons. The number of fused-ring (bicyclic) bond motifs is 5. The smallest absolute Gasteiger partial charge is 0.444 e. The molecule has 15 aromatic heterocycles. The van der Waals surface area contributed by atoms with Crippen LogP contribution < -0.4 is 16.8 Å². The zero-order chi connectivity index (χ0) is 85.4. The summed E-state index contributed by atoms with van der Waals surface area (Å²) in [6, 6.07) is 28.2. The van der Waals surface area contributed by atoms with Gasteiger partial charge in [-0.05, 0) is 102 Å². The molecule has 0 bridgehead atoms. The van der Waals surface area contributed by atoms with Crippen LogP contribution in [0.2, 0.25) is 0 Å². The molecule has 41 nitrogen and oxygen atoms in total. The van der Waals surface area contributed by atoms with Crippen LogP contribution in [0.1, 0.15) is 41.5 Å². The zero-order valence-corrected chi connectivity index (χ0v) is 70.8. The number of carbonyl (C=O) groups is 2. The fourth-order valence-corrected chi connectivity index (χ4v) is 15.3. The standard InChI is InChI=1S/C19H22N8O2.C19H21N7O2.C15H12F3N7O2S.C14H13N7.C9H8N6.CH3.W/c1-18(2,3)29-17(28)25-11-19(12-25,10-21-4)26-9-13(8-22-26)14-6-5-7-15-23-16(20)24-27(14)15;1-18(2,3)28-17(27)24-11-19(12-24,10-20-4)25-9-14(8-22-25)15-6-5-7-16-21-13-23-26(15)16;1-19-7-14(8-23(9-14)28(26,27)15(16,17)18)24-6-11(5-21-24)12-3-2-4-13-20-10-22-25(12)13;1-15-7-14(8-16-9-14)20-6-11(5-18-20)12-3-2-4-13-17-10-19-21(12)13;10-9-13-8-3-1-2-7(15(8)14-9)6-4-11-12-5-6;;/h5-9H,10-12H2,1-3H3,(H2,20,24);5-9,13H,10-12H2,1-3H3;2-6,10H,7-9H2;2-6,10,16H,7-9H2;1-5H,(H2,10,14)(H,11,12);1H3;/q;;;;;-1;. The Morgan fingerprint density at radius 2 is 0.780 bits per heavy atom. The Morgan fingerprint density at radius 1 is 0.463 bits per heavy atom. The van der Waals surface area contributed by atoms with E-state index in [1.165, 1.54) is 23.5 Å². The molecule has 15 aromatic rings. The quantitative estimate of drug-likeness (QED) is 0.0753. The molecule has 0 radical (unpaired) electrons. The van der Waals surface area contributed by atoms with Crippen molar-refractivity contribution in [1.29, 1.82) is 0 Å². The number of nitrogen functional groups attached to an aromatic ring is 2. The van der Waals surface area contributed by atoms with Gasteiger partial charge < -0.3 is 62.9 Å². The first-order valence-corrected chi connectivity index (χ1v) is 38.7. The first kappa shape index (κ1) is 86.4. The molecule has 4 saturated heterocycles. The maximum absolute atomic E-state index is 12.8. The van der Waals surface area contributed by atoms with Gasteiger partial charge in [-0.2, -0.15) is 68.2 Å². The Balaban J connectivity index is 0.000000134. The first-order chi connectivity index (χ1) is 57.9. The summed E-state index contributed by atoms with van der Waals surface area (Å²) in [7, 11) is -5.44. The number of nitrogens with one attached hydrogen (secondary N) is 2. The van der Waals surface area contributed by atoms with Gasteiger partial charge in [-0.15, -0.1) is 10.2 Å². The van der Waals surface area contributed by atoms with Crippen molar-refractivity contribution in [3.63, 3.8) is 0 Å². The minimum absolute atomic E-state index is 0. The van der Waals surface area contributed by atoms with Crippen LogP contribution in [0, 0.1) is 33.7 Å². The summed E-state index contributed by atoms with van der Waals surface area (Å²) < 4.78 is 87.9. The number of ether oxygens (including phenoxy) is 2. The Hall–Kier alpha value is -14.4. The number of amides is 2. The van der Waals surface area contributed by atoms with E-state index in [0.29, 0.717) is 59.6 Å². The molecule has 0 saturated carbocycles. The average Bonchev–Trinajstić information content (AvgIpc) is 1.47. The largest absolute Gasteiger partial charge is 0.511 e. The third-order valence-electron chi connectivity index (χ3n) is 20.1. The van der Waals surface area contributed by atoms with Gasteiger partial charge in [0.05, 0.1) is 85.6 Å². The van der Waals surface area contributed by atoms with Crippen molar-refractivity contribution in [1.82, 2.24) is 142 Å². The van der Waals surface area contributed by atoms with Crippen LogP contribution in [-0.4, -0.2) is 252 Å². The number of sulfonamides is 1. The summed E-state index contributed by atoms with van der Waals surface area (Å²) in [6.07, 6.45) is 21.3. The zero-order valence-electron chi connectivity index (χ0n) is 67.1. The van der Waals surface area contributed by atoms with Gasteiger partial charge in [-0.3, -0.25) is 23.8 Å². The summed E-state index contributed by atoms with van der Waals surface area (Å²) in [4.78, 5) is 62.5. The van der Waals surface area contributed by atoms with Crippen LogP contribution in [0.25, 0.3) is 104 Å². The van der Waals surface area contributed by atoms with E-state index < -0.39 is 56.4 Å². The molecular weight excluding hydrogens is 1780 g/mol. The summed E-state index contributed by atoms with van der Waals surface area (Å²) in [5.74, 6) is 0.465. The van der Waals surface area contributed by atoms with Gasteiger partial charge in [0.2, 0.25) is 38.1 Å². The second kappa shape index (κ2) is 34.0. The fraction of sp³-hybridized carbons (Fsp3) is 0.325. The van der Waals surface area contributed by atoms with Gasteiger partial charge in [0.1, 0.15) is 30.2 Å². The number of H-pyrrole nitrogens is 1. The van der Waals surface area contributed by atoms with E-state index in [1.54, 1.807) is 97.3 Å². The van der Waals surface area contributed by atoms with E-state index in [9.17, 15) is 31.2 Å². The molecule has 0 spiro atoms. The number of pyridine rings is 5. The van der Waals surface area contributed by atoms with Gasteiger partial charge in [0, 0.05) is 106 Å². The molecule has 0 aliphatic carbocycles. The molecule has 0 atom stereocenters.